The predicted molar refractivity (Wildman–Crippen MR) is 136 cm³/mol. The lowest BCUT2D eigenvalue weighted by Crippen LogP contribution is -2.40. The number of hydrogen-bond donors (Lipinski definition) is 1. The van der Waals surface area contributed by atoms with Gasteiger partial charge in [-0.25, -0.2) is 26.8 Å². The smallest absolute Gasteiger partial charge is 0.263 e. The average Bonchev–Trinajstić information content (AvgIpc) is 2.90. The third kappa shape index (κ3) is 5.09. The van der Waals surface area contributed by atoms with Crippen LogP contribution in [0.25, 0.3) is 11.0 Å². The molecule has 1 N–H and O–H groups in total. The van der Waals surface area contributed by atoms with E-state index in [2.05, 4.69) is 14.7 Å². The van der Waals surface area contributed by atoms with Gasteiger partial charge in [0.2, 0.25) is 10.0 Å². The number of benzene rings is 3. The van der Waals surface area contributed by atoms with Gasteiger partial charge in [0.15, 0.2) is 5.82 Å². The van der Waals surface area contributed by atoms with Crippen molar-refractivity contribution in [2.24, 2.45) is 0 Å². The zero-order chi connectivity index (χ0) is 25.2. The van der Waals surface area contributed by atoms with E-state index in [9.17, 15) is 16.8 Å². The maximum atomic E-state index is 13.1. The number of anilines is 1. The number of para-hydroxylation sites is 2. The highest BCUT2D eigenvalue weighted by Crippen LogP contribution is 2.25. The Bertz CT molecular complexity index is 1600. The topological polar surface area (TPSA) is 119 Å². The van der Waals surface area contributed by atoms with E-state index in [1.54, 1.807) is 60.7 Å². The Morgan fingerprint density at radius 1 is 0.778 bits per heavy atom. The highest BCUT2D eigenvalue weighted by Gasteiger charge is 2.26. The third-order valence-electron chi connectivity index (χ3n) is 5.81. The fraction of sp³-hybridized carbons (Fsp3) is 0.200. The van der Waals surface area contributed by atoms with Gasteiger partial charge in [-0.3, -0.25) is 4.72 Å². The molecule has 0 amide bonds. The molecule has 186 valence electrons. The van der Waals surface area contributed by atoms with Crippen molar-refractivity contribution in [1.29, 1.82) is 0 Å². The second-order valence-electron chi connectivity index (χ2n) is 8.27. The van der Waals surface area contributed by atoms with Gasteiger partial charge in [0.25, 0.3) is 10.0 Å². The molecule has 3 aromatic carbocycles. The highest BCUT2D eigenvalue weighted by atomic mass is 32.2. The first kappa shape index (κ1) is 24.3. The van der Waals surface area contributed by atoms with E-state index in [1.807, 2.05) is 6.07 Å². The Morgan fingerprint density at radius 3 is 2.14 bits per heavy atom. The van der Waals surface area contributed by atoms with Crippen LogP contribution in [0.1, 0.15) is 11.3 Å². The molecule has 1 aromatic heterocycles. The Kier molecular flexibility index (Phi) is 6.71. The molecule has 1 fully saturated rings. The summed E-state index contributed by atoms with van der Waals surface area (Å²) in [4.78, 5) is 9.47. The zero-order valence-corrected chi connectivity index (χ0v) is 20.9. The number of sulfonamides is 2. The zero-order valence-electron chi connectivity index (χ0n) is 19.2. The molecule has 0 aliphatic carbocycles. The molecule has 0 saturated carbocycles. The maximum Gasteiger partial charge on any atom is 0.263 e. The molecule has 0 spiro atoms. The van der Waals surface area contributed by atoms with Crippen molar-refractivity contribution < 1.29 is 21.6 Å². The molecule has 2 heterocycles. The van der Waals surface area contributed by atoms with Crippen LogP contribution in [0.4, 0.5) is 5.82 Å². The molecular weight excluding hydrogens is 500 g/mol. The molecule has 5 rings (SSSR count). The fourth-order valence-corrected chi connectivity index (χ4v) is 6.50. The lowest BCUT2D eigenvalue weighted by molar-refractivity contribution is 0.0730. The maximum absolute atomic E-state index is 13.1. The quantitative estimate of drug-likeness (QED) is 0.395. The average molecular weight is 525 g/mol. The molecule has 0 bridgehead atoms. The number of ether oxygens (including phenoxy) is 1. The van der Waals surface area contributed by atoms with Crippen LogP contribution in [0.3, 0.4) is 0 Å². The fourth-order valence-electron chi connectivity index (χ4n) is 3.97. The van der Waals surface area contributed by atoms with Crippen LogP contribution in [0.2, 0.25) is 0 Å². The SMILES string of the molecule is O=S(=O)(Nc1nc2ccccc2nc1Cc1cccc(S(=O)(=O)N2CCOCC2)c1)c1ccccc1. The standard InChI is InChI=1S/C25H24N4O5S2/c30-35(31,20-8-2-1-3-9-20)28-25-24(26-22-11-4-5-12-23(22)27-25)18-19-7-6-10-21(17-19)36(32,33)29-13-15-34-16-14-29/h1-12,17H,13-16,18H2,(H,27,28). The first-order valence-electron chi connectivity index (χ1n) is 11.3. The van der Waals surface area contributed by atoms with Crippen molar-refractivity contribution in [1.82, 2.24) is 14.3 Å². The first-order valence-corrected chi connectivity index (χ1v) is 14.3. The third-order valence-corrected chi connectivity index (χ3v) is 9.05. The van der Waals surface area contributed by atoms with Gasteiger partial charge < -0.3 is 4.74 Å². The normalized spacial score (nSPS) is 15.1. The molecule has 0 unspecified atom stereocenters. The Morgan fingerprint density at radius 2 is 1.42 bits per heavy atom. The number of aromatic nitrogens is 2. The summed E-state index contributed by atoms with van der Waals surface area (Å²) in [6, 6.07) is 21.8. The van der Waals surface area contributed by atoms with Gasteiger partial charge >= 0.3 is 0 Å². The van der Waals surface area contributed by atoms with Crippen LogP contribution in [0.5, 0.6) is 0 Å². The van der Waals surface area contributed by atoms with Crippen LogP contribution < -0.4 is 4.72 Å². The van der Waals surface area contributed by atoms with E-state index in [4.69, 9.17) is 4.74 Å². The molecule has 1 aliphatic heterocycles. The van der Waals surface area contributed by atoms with E-state index in [1.165, 1.54) is 16.4 Å². The van der Waals surface area contributed by atoms with E-state index in [0.29, 0.717) is 48.6 Å². The first-order chi connectivity index (χ1) is 17.3. The van der Waals surface area contributed by atoms with Crippen LogP contribution in [-0.4, -0.2) is 57.4 Å². The largest absolute Gasteiger partial charge is 0.379 e. The lowest BCUT2D eigenvalue weighted by atomic mass is 10.1. The van der Waals surface area contributed by atoms with E-state index in [0.717, 1.165) is 0 Å². The molecule has 1 aliphatic rings. The minimum Gasteiger partial charge on any atom is -0.379 e. The van der Waals surface area contributed by atoms with Gasteiger partial charge in [0.05, 0.1) is 39.7 Å². The van der Waals surface area contributed by atoms with Crippen LogP contribution in [-0.2, 0) is 31.2 Å². The van der Waals surface area contributed by atoms with Gasteiger partial charge in [0.1, 0.15) is 0 Å². The van der Waals surface area contributed by atoms with Crippen LogP contribution in [0, 0.1) is 0 Å². The van der Waals surface area contributed by atoms with Gasteiger partial charge in [-0.15, -0.1) is 0 Å². The Balaban J connectivity index is 1.51. The number of nitrogens with one attached hydrogen (secondary N) is 1. The minimum atomic E-state index is -3.91. The van der Waals surface area contributed by atoms with Gasteiger partial charge in [-0.05, 0) is 42.0 Å². The minimum absolute atomic E-state index is 0.0963. The monoisotopic (exact) mass is 524 g/mol. The summed E-state index contributed by atoms with van der Waals surface area (Å²) in [7, 11) is -7.59. The molecule has 9 nitrogen and oxygen atoms in total. The second kappa shape index (κ2) is 9.94. The van der Waals surface area contributed by atoms with E-state index < -0.39 is 20.0 Å². The molecule has 0 atom stereocenters. The molecule has 11 heteroatoms. The molecule has 36 heavy (non-hydrogen) atoms. The number of rotatable bonds is 7. The van der Waals surface area contributed by atoms with Crippen molar-refractivity contribution in [3.8, 4) is 0 Å². The predicted octanol–water partition coefficient (Wildman–Crippen LogP) is 3.04. The summed E-state index contributed by atoms with van der Waals surface area (Å²) in [6.45, 7) is 1.31. The van der Waals surface area contributed by atoms with E-state index >= 15 is 0 Å². The Labute approximate surface area is 209 Å². The van der Waals surface area contributed by atoms with Crippen molar-refractivity contribution in [2.75, 3.05) is 31.0 Å². The van der Waals surface area contributed by atoms with Gasteiger partial charge in [0, 0.05) is 19.5 Å². The van der Waals surface area contributed by atoms with Crippen molar-refractivity contribution in [3.05, 3.63) is 90.1 Å². The van der Waals surface area contributed by atoms with Crippen molar-refractivity contribution in [3.63, 3.8) is 0 Å². The summed E-state index contributed by atoms with van der Waals surface area (Å²) in [5, 5.41) is 0. The summed E-state index contributed by atoms with van der Waals surface area (Å²) >= 11 is 0. The summed E-state index contributed by atoms with van der Waals surface area (Å²) in [5.41, 5.74) is 2.19. The Hall–Kier alpha value is -3.38. The van der Waals surface area contributed by atoms with Crippen molar-refractivity contribution in [2.45, 2.75) is 16.2 Å². The molecule has 4 aromatic rings. The summed E-state index contributed by atoms with van der Waals surface area (Å²) in [5.74, 6) is 0.0963. The number of nitrogens with zero attached hydrogens (tertiary/aromatic N) is 3. The van der Waals surface area contributed by atoms with Crippen molar-refractivity contribution >= 4 is 36.9 Å². The summed E-state index contributed by atoms with van der Waals surface area (Å²) < 4.78 is 61.6. The second-order valence-corrected chi connectivity index (χ2v) is 11.9. The molecular formula is C25H24N4O5S2. The van der Waals surface area contributed by atoms with Crippen LogP contribution in [0.15, 0.2) is 88.7 Å². The van der Waals surface area contributed by atoms with Gasteiger partial charge in [-0.2, -0.15) is 4.31 Å². The van der Waals surface area contributed by atoms with Gasteiger partial charge in [-0.1, -0.05) is 42.5 Å². The van der Waals surface area contributed by atoms with E-state index in [-0.39, 0.29) is 22.0 Å². The number of fused-ring (bicyclic) bond motifs is 1. The number of morpholine rings is 1. The highest BCUT2D eigenvalue weighted by molar-refractivity contribution is 7.92. The summed E-state index contributed by atoms with van der Waals surface area (Å²) in [6.07, 6.45) is 0.178. The molecule has 0 radical (unpaired) electrons. The van der Waals surface area contributed by atoms with Crippen LogP contribution >= 0.6 is 0 Å². The number of hydrogen-bond acceptors (Lipinski definition) is 7. The lowest BCUT2D eigenvalue weighted by Gasteiger charge is -2.26. The molecule has 1 saturated heterocycles.